The van der Waals surface area contributed by atoms with Gasteiger partial charge >= 0.3 is 0 Å². The molecule has 1 amide bonds. The molecule has 0 saturated carbocycles. The summed E-state index contributed by atoms with van der Waals surface area (Å²) in [5.74, 6) is 0.114. The van der Waals surface area contributed by atoms with Gasteiger partial charge in [0.2, 0.25) is 0 Å². The van der Waals surface area contributed by atoms with E-state index in [0.29, 0.717) is 13.0 Å². The van der Waals surface area contributed by atoms with Crippen LogP contribution in [-0.2, 0) is 6.42 Å². The Labute approximate surface area is 195 Å². The number of hydrogen-bond donors (Lipinski definition) is 0. The molecule has 0 aromatic heterocycles. The number of benzene rings is 3. The van der Waals surface area contributed by atoms with E-state index in [1.165, 1.54) is 16.6 Å². The Kier molecular flexibility index (Phi) is 6.28. The van der Waals surface area contributed by atoms with Crippen molar-refractivity contribution < 1.29 is 4.79 Å². The number of rotatable bonds is 7. The highest BCUT2D eigenvalue weighted by Crippen LogP contribution is 2.41. The third-order valence-corrected chi connectivity index (χ3v) is 6.92. The first-order valence-corrected chi connectivity index (χ1v) is 12.0. The summed E-state index contributed by atoms with van der Waals surface area (Å²) in [6.45, 7) is 5.75. The lowest BCUT2D eigenvalue weighted by Gasteiger charge is -2.26. The maximum atomic E-state index is 13.3. The first-order valence-electron chi connectivity index (χ1n) is 12.0. The summed E-state index contributed by atoms with van der Waals surface area (Å²) in [4.78, 5) is 20.2. The van der Waals surface area contributed by atoms with Crippen LogP contribution >= 0.6 is 0 Å². The van der Waals surface area contributed by atoms with Crippen molar-refractivity contribution in [1.82, 2.24) is 4.90 Å². The second kappa shape index (κ2) is 9.64. The molecular formula is C28H30N4O. The number of anilines is 2. The summed E-state index contributed by atoms with van der Waals surface area (Å²) in [6.07, 6.45) is 3.53. The molecule has 0 N–H and O–H groups in total. The smallest absolute Gasteiger partial charge is 0.259 e. The zero-order valence-electron chi connectivity index (χ0n) is 19.0. The molecule has 0 bridgehead atoms. The number of nitrogens with zero attached hydrogens (tertiary/aromatic N) is 4. The minimum absolute atomic E-state index is 0.114. The van der Waals surface area contributed by atoms with Gasteiger partial charge in [-0.05, 0) is 56.1 Å². The molecule has 3 aromatic carbocycles. The van der Waals surface area contributed by atoms with Gasteiger partial charge in [0, 0.05) is 54.6 Å². The van der Waals surface area contributed by atoms with E-state index in [1.54, 1.807) is 0 Å². The van der Waals surface area contributed by atoms with Crippen LogP contribution in [-0.4, -0.2) is 50.1 Å². The molecule has 2 heterocycles. The molecule has 0 unspecified atom stereocenters. The maximum absolute atomic E-state index is 13.3. The highest BCUT2D eigenvalue weighted by molar-refractivity contribution is 6.26. The minimum atomic E-state index is 0.114. The average Bonchev–Trinajstić information content (AvgIpc) is 2.99. The van der Waals surface area contributed by atoms with E-state index in [2.05, 4.69) is 58.3 Å². The van der Waals surface area contributed by atoms with Gasteiger partial charge in [0.05, 0.1) is 11.8 Å². The van der Waals surface area contributed by atoms with Gasteiger partial charge in [-0.3, -0.25) is 4.79 Å². The number of unbranched alkanes of at least 4 members (excludes halogenated alkanes) is 1. The standard InChI is InChI=1S/C28H30N4O/c29-15-4-5-16-30-17-7-18-31(21-20-30)25-12-13-26-27-23(25)10-6-11-24(27)28(33)32(26)19-14-22-8-2-1-3-9-22/h1-3,6,8-13H,4-5,7,14,16-21H2. The van der Waals surface area contributed by atoms with Crippen LogP contribution in [0.4, 0.5) is 11.4 Å². The lowest BCUT2D eigenvalue weighted by Crippen LogP contribution is -2.31. The van der Waals surface area contributed by atoms with Crippen LogP contribution in [0.5, 0.6) is 0 Å². The number of carbonyl (C=O) groups is 1. The van der Waals surface area contributed by atoms with Crippen LogP contribution in [0.2, 0.25) is 0 Å². The lowest BCUT2D eigenvalue weighted by molar-refractivity contribution is 0.0993. The Morgan fingerprint density at radius 3 is 2.55 bits per heavy atom. The van der Waals surface area contributed by atoms with E-state index in [0.717, 1.165) is 68.6 Å². The van der Waals surface area contributed by atoms with Crippen LogP contribution in [0.25, 0.3) is 10.8 Å². The fourth-order valence-corrected chi connectivity index (χ4v) is 5.23. The van der Waals surface area contributed by atoms with Crippen molar-refractivity contribution in [3.63, 3.8) is 0 Å². The Bertz CT molecular complexity index is 1180. The molecule has 168 valence electrons. The minimum Gasteiger partial charge on any atom is -0.370 e. The van der Waals surface area contributed by atoms with E-state index in [9.17, 15) is 4.79 Å². The predicted octanol–water partition coefficient (Wildman–Crippen LogP) is 4.86. The van der Waals surface area contributed by atoms with Gasteiger partial charge in [0.15, 0.2) is 0 Å². The van der Waals surface area contributed by atoms with Gasteiger partial charge < -0.3 is 14.7 Å². The van der Waals surface area contributed by atoms with E-state index < -0.39 is 0 Å². The van der Waals surface area contributed by atoms with Crippen molar-refractivity contribution in [3.05, 3.63) is 71.8 Å². The van der Waals surface area contributed by atoms with Crippen molar-refractivity contribution in [1.29, 1.82) is 5.26 Å². The van der Waals surface area contributed by atoms with Gasteiger partial charge in [-0.25, -0.2) is 0 Å². The van der Waals surface area contributed by atoms with Crippen LogP contribution in [0.3, 0.4) is 0 Å². The summed E-state index contributed by atoms with van der Waals surface area (Å²) in [6, 6.07) is 23.1. The molecular weight excluding hydrogens is 408 g/mol. The van der Waals surface area contributed by atoms with Gasteiger partial charge in [0.1, 0.15) is 0 Å². The van der Waals surface area contributed by atoms with Crippen LogP contribution in [0.1, 0.15) is 35.2 Å². The van der Waals surface area contributed by atoms with E-state index in [4.69, 9.17) is 5.26 Å². The van der Waals surface area contributed by atoms with Crippen molar-refractivity contribution in [2.45, 2.75) is 25.7 Å². The molecule has 5 nitrogen and oxygen atoms in total. The molecule has 2 aliphatic rings. The monoisotopic (exact) mass is 438 g/mol. The van der Waals surface area contributed by atoms with Crippen molar-refractivity contribution in [2.24, 2.45) is 0 Å². The molecule has 0 radical (unpaired) electrons. The average molecular weight is 439 g/mol. The van der Waals surface area contributed by atoms with Crippen LogP contribution in [0.15, 0.2) is 60.7 Å². The van der Waals surface area contributed by atoms with Gasteiger partial charge in [-0.15, -0.1) is 0 Å². The first kappa shape index (κ1) is 21.5. The normalized spacial score (nSPS) is 16.3. The summed E-state index contributed by atoms with van der Waals surface area (Å²) < 4.78 is 0. The molecule has 3 aromatic rings. The van der Waals surface area contributed by atoms with Crippen molar-refractivity contribution in [2.75, 3.05) is 49.1 Å². The number of carbonyl (C=O) groups excluding carboxylic acids is 1. The molecule has 0 spiro atoms. The quantitative estimate of drug-likeness (QED) is 0.495. The van der Waals surface area contributed by atoms with Gasteiger partial charge in [-0.1, -0.05) is 42.5 Å². The fourth-order valence-electron chi connectivity index (χ4n) is 5.23. The van der Waals surface area contributed by atoms with Crippen LogP contribution < -0.4 is 9.80 Å². The first-order chi connectivity index (χ1) is 16.3. The molecule has 0 atom stereocenters. The second-order valence-electron chi connectivity index (χ2n) is 8.97. The Morgan fingerprint density at radius 2 is 1.70 bits per heavy atom. The Hall–Kier alpha value is -3.36. The Balaban J connectivity index is 1.38. The zero-order chi connectivity index (χ0) is 22.6. The summed E-state index contributed by atoms with van der Waals surface area (Å²) in [5.41, 5.74) is 4.34. The molecule has 5 rings (SSSR count). The lowest BCUT2D eigenvalue weighted by atomic mass is 10.0. The van der Waals surface area contributed by atoms with E-state index in [1.807, 2.05) is 23.1 Å². The zero-order valence-corrected chi connectivity index (χ0v) is 19.0. The van der Waals surface area contributed by atoms with Gasteiger partial charge in [0.25, 0.3) is 5.91 Å². The molecule has 33 heavy (non-hydrogen) atoms. The SMILES string of the molecule is N#CCCCN1CCCN(c2ccc3c4c(cccc24)C(=O)N3CCc2ccccc2)CC1. The largest absolute Gasteiger partial charge is 0.370 e. The topological polar surface area (TPSA) is 50.6 Å². The maximum Gasteiger partial charge on any atom is 0.259 e. The van der Waals surface area contributed by atoms with Crippen molar-refractivity contribution >= 4 is 28.1 Å². The molecule has 0 aliphatic carbocycles. The van der Waals surface area contributed by atoms with E-state index in [-0.39, 0.29) is 5.91 Å². The highest BCUT2D eigenvalue weighted by atomic mass is 16.2. The number of hydrogen-bond acceptors (Lipinski definition) is 4. The molecule has 1 fully saturated rings. The highest BCUT2D eigenvalue weighted by Gasteiger charge is 2.31. The van der Waals surface area contributed by atoms with Crippen molar-refractivity contribution in [3.8, 4) is 6.07 Å². The summed E-state index contributed by atoms with van der Waals surface area (Å²) >= 11 is 0. The third-order valence-electron chi connectivity index (χ3n) is 6.92. The predicted molar refractivity (Wildman–Crippen MR) is 134 cm³/mol. The second-order valence-corrected chi connectivity index (χ2v) is 8.97. The Morgan fingerprint density at radius 1 is 0.848 bits per heavy atom. The third kappa shape index (κ3) is 4.31. The fraction of sp³-hybridized carbons (Fsp3) is 0.357. The number of nitriles is 1. The van der Waals surface area contributed by atoms with E-state index >= 15 is 0 Å². The number of amides is 1. The summed E-state index contributed by atoms with van der Waals surface area (Å²) in [5, 5.41) is 11.1. The molecule has 1 saturated heterocycles. The van der Waals surface area contributed by atoms with Gasteiger partial charge in [-0.2, -0.15) is 5.26 Å². The molecule has 5 heteroatoms. The molecule has 2 aliphatic heterocycles. The van der Waals surface area contributed by atoms with Crippen LogP contribution in [0, 0.1) is 11.3 Å². The summed E-state index contributed by atoms with van der Waals surface area (Å²) in [7, 11) is 0.